The molecule has 0 rings (SSSR count). The van der Waals surface area contributed by atoms with Crippen molar-refractivity contribution in [3.63, 3.8) is 0 Å². The molecule has 0 aliphatic rings. The molecular weight excluding hydrogens is 398 g/mol. The van der Waals surface area contributed by atoms with Crippen molar-refractivity contribution in [1.82, 2.24) is 0 Å². The van der Waals surface area contributed by atoms with Crippen LogP contribution in [-0.2, 0) is 9.59 Å². The van der Waals surface area contributed by atoms with Crippen LogP contribution in [0.15, 0.2) is 0 Å². The molecule has 30 heavy (non-hydrogen) atoms. The highest BCUT2D eigenvalue weighted by atomic mass is 35.5. The number of rotatable bonds is 21. The molecule has 5 heteroatoms. The van der Waals surface area contributed by atoms with Crippen molar-refractivity contribution in [3.8, 4) is 0 Å². The van der Waals surface area contributed by atoms with Crippen LogP contribution >= 0.6 is 11.6 Å². The van der Waals surface area contributed by atoms with Gasteiger partial charge >= 0.3 is 5.97 Å². The predicted octanol–water partition coefficient (Wildman–Crippen LogP) is 7.18. The number of Topliss-reactive ketones (excluding diaryl/α,β-unsaturated/α-hetero) is 1. The third-order valence-electron chi connectivity index (χ3n) is 5.98. The number of quaternary nitrogens is 1. The Balaban J connectivity index is 3.66. The van der Waals surface area contributed by atoms with Gasteiger partial charge in [0.15, 0.2) is 5.50 Å². The summed E-state index contributed by atoms with van der Waals surface area (Å²) in [6, 6.07) is 0. The van der Waals surface area contributed by atoms with E-state index in [-0.39, 0.29) is 17.7 Å². The zero-order valence-electron chi connectivity index (χ0n) is 20.3. The van der Waals surface area contributed by atoms with Crippen LogP contribution in [0.1, 0.15) is 116 Å². The summed E-state index contributed by atoms with van der Waals surface area (Å²) >= 11 is 6.29. The van der Waals surface area contributed by atoms with Gasteiger partial charge in [0, 0.05) is 12.8 Å². The van der Waals surface area contributed by atoms with Crippen LogP contribution in [0.2, 0.25) is 0 Å². The number of carboxylic acids is 1. The van der Waals surface area contributed by atoms with Gasteiger partial charge in [0.25, 0.3) is 0 Å². The minimum absolute atomic E-state index is 0.170. The SMILES string of the molecule is CCCCCCCCCCCCCCCCCC(=O)[C@H](C[C@@H](Cl)[N+](C)(C)C)C(=O)O. The molecule has 178 valence electrons. The maximum absolute atomic E-state index is 12.3. The van der Waals surface area contributed by atoms with E-state index in [0.29, 0.717) is 10.9 Å². The second-order valence-corrected chi connectivity index (χ2v) is 10.3. The molecule has 0 aliphatic carbocycles. The normalized spacial score (nSPS) is 13.9. The van der Waals surface area contributed by atoms with Crippen LogP contribution in [0.4, 0.5) is 0 Å². The fourth-order valence-corrected chi connectivity index (χ4v) is 3.90. The van der Waals surface area contributed by atoms with Crippen molar-refractivity contribution in [2.75, 3.05) is 21.1 Å². The highest BCUT2D eigenvalue weighted by Crippen LogP contribution is 2.21. The molecule has 0 radical (unpaired) electrons. The van der Waals surface area contributed by atoms with Crippen molar-refractivity contribution >= 4 is 23.4 Å². The summed E-state index contributed by atoms with van der Waals surface area (Å²) in [6.07, 6.45) is 19.7. The fraction of sp³-hybridized carbons (Fsp3) is 0.920. The number of hydrogen-bond acceptors (Lipinski definition) is 2. The van der Waals surface area contributed by atoms with Crippen molar-refractivity contribution in [1.29, 1.82) is 0 Å². The van der Waals surface area contributed by atoms with Gasteiger partial charge in [-0.05, 0) is 6.42 Å². The molecular formula is C25H49ClNO3+. The summed E-state index contributed by atoms with van der Waals surface area (Å²) in [6.45, 7) is 2.26. The van der Waals surface area contributed by atoms with E-state index in [1.165, 1.54) is 77.0 Å². The molecule has 0 saturated carbocycles. The topological polar surface area (TPSA) is 54.4 Å². The first-order valence-electron chi connectivity index (χ1n) is 12.4. The van der Waals surface area contributed by atoms with Crippen molar-refractivity contribution < 1.29 is 19.2 Å². The predicted molar refractivity (Wildman–Crippen MR) is 128 cm³/mol. The van der Waals surface area contributed by atoms with Gasteiger partial charge in [-0.15, -0.1) is 0 Å². The lowest BCUT2D eigenvalue weighted by molar-refractivity contribution is -0.883. The molecule has 0 spiro atoms. The minimum atomic E-state index is -1.04. The highest BCUT2D eigenvalue weighted by molar-refractivity contribution is 6.20. The van der Waals surface area contributed by atoms with Gasteiger partial charge in [-0.3, -0.25) is 9.59 Å². The molecule has 0 aromatic heterocycles. The summed E-state index contributed by atoms with van der Waals surface area (Å²) < 4.78 is 0.442. The molecule has 0 amide bonds. The van der Waals surface area contributed by atoms with Crippen molar-refractivity contribution in [3.05, 3.63) is 0 Å². The summed E-state index contributed by atoms with van der Waals surface area (Å²) in [5, 5.41) is 9.40. The lowest BCUT2D eigenvalue weighted by Gasteiger charge is -2.30. The summed E-state index contributed by atoms with van der Waals surface area (Å²) in [5.74, 6) is -2.19. The molecule has 0 fully saturated rings. The van der Waals surface area contributed by atoms with Crippen LogP contribution < -0.4 is 0 Å². The van der Waals surface area contributed by atoms with E-state index < -0.39 is 11.9 Å². The first kappa shape index (κ1) is 29.4. The number of carboxylic acid groups (broad SMARTS) is 1. The number of alkyl halides is 1. The van der Waals surface area contributed by atoms with Gasteiger partial charge in [0.1, 0.15) is 11.7 Å². The Hall–Kier alpha value is -0.610. The largest absolute Gasteiger partial charge is 0.481 e. The Morgan fingerprint density at radius 3 is 1.43 bits per heavy atom. The average Bonchev–Trinajstić information content (AvgIpc) is 2.67. The number of hydrogen-bond donors (Lipinski definition) is 1. The van der Waals surface area contributed by atoms with Gasteiger partial charge in [-0.1, -0.05) is 108 Å². The summed E-state index contributed by atoms with van der Waals surface area (Å²) in [4.78, 5) is 23.8. The van der Waals surface area contributed by atoms with Crippen LogP contribution in [0.25, 0.3) is 0 Å². The van der Waals surface area contributed by atoms with Crippen LogP contribution in [-0.4, -0.2) is 48.0 Å². The molecule has 4 nitrogen and oxygen atoms in total. The first-order chi connectivity index (χ1) is 14.2. The Bertz CT molecular complexity index is 448. The van der Waals surface area contributed by atoms with E-state index in [9.17, 15) is 14.7 Å². The standard InChI is InChI=1S/C25H48ClNO3/c1-5-6-7-8-9-10-11-12-13-14-15-16-17-18-19-20-23(28)22(25(29)30)21-24(26)27(2,3)4/h22,24H,5-21H2,1-4H3/p+1/t22-,24-/m0/s1. The van der Waals surface area contributed by atoms with Gasteiger partial charge < -0.3 is 9.59 Å². The van der Waals surface area contributed by atoms with Crippen molar-refractivity contribution in [2.24, 2.45) is 5.92 Å². The van der Waals surface area contributed by atoms with Crippen LogP contribution in [0, 0.1) is 5.92 Å². The lowest BCUT2D eigenvalue weighted by atomic mass is 9.95. The Morgan fingerprint density at radius 2 is 1.10 bits per heavy atom. The maximum Gasteiger partial charge on any atom is 0.314 e. The summed E-state index contributed by atoms with van der Waals surface area (Å²) in [7, 11) is 5.74. The first-order valence-corrected chi connectivity index (χ1v) is 12.8. The lowest BCUT2D eigenvalue weighted by Crippen LogP contribution is -2.44. The Kier molecular flexibility index (Phi) is 17.6. The van der Waals surface area contributed by atoms with E-state index in [1.54, 1.807) is 0 Å². The number of carbonyl (C=O) groups excluding carboxylic acids is 1. The molecule has 0 aromatic rings. The Labute approximate surface area is 191 Å². The minimum Gasteiger partial charge on any atom is -0.481 e. The zero-order chi connectivity index (χ0) is 22.8. The number of unbranched alkanes of at least 4 members (excludes halogenated alkanes) is 14. The number of nitrogens with zero attached hydrogens (tertiary/aromatic N) is 1. The molecule has 0 unspecified atom stereocenters. The maximum atomic E-state index is 12.3. The third-order valence-corrected chi connectivity index (χ3v) is 6.75. The van der Waals surface area contributed by atoms with E-state index in [0.717, 1.165) is 19.3 Å². The molecule has 2 atom stereocenters. The molecule has 0 aliphatic heterocycles. The second-order valence-electron chi connectivity index (χ2n) is 9.84. The van der Waals surface area contributed by atoms with Gasteiger partial charge in [0.05, 0.1) is 21.1 Å². The van der Waals surface area contributed by atoms with Crippen molar-refractivity contribution in [2.45, 2.75) is 122 Å². The van der Waals surface area contributed by atoms with Gasteiger partial charge in [-0.2, -0.15) is 0 Å². The molecule has 0 saturated heterocycles. The quantitative estimate of drug-likeness (QED) is 0.0667. The van der Waals surface area contributed by atoms with Gasteiger partial charge in [-0.25, -0.2) is 0 Å². The van der Waals surface area contributed by atoms with Crippen LogP contribution in [0.5, 0.6) is 0 Å². The highest BCUT2D eigenvalue weighted by Gasteiger charge is 2.33. The fourth-order valence-electron chi connectivity index (χ4n) is 3.73. The number of halogens is 1. The van der Waals surface area contributed by atoms with Crippen LogP contribution in [0.3, 0.4) is 0 Å². The van der Waals surface area contributed by atoms with E-state index >= 15 is 0 Å². The van der Waals surface area contributed by atoms with Gasteiger partial charge in [0.2, 0.25) is 0 Å². The van der Waals surface area contributed by atoms with E-state index in [4.69, 9.17) is 11.6 Å². The summed E-state index contributed by atoms with van der Waals surface area (Å²) in [5.41, 5.74) is -0.379. The third kappa shape index (κ3) is 16.1. The zero-order valence-corrected chi connectivity index (χ0v) is 21.0. The Morgan fingerprint density at radius 1 is 0.733 bits per heavy atom. The molecule has 0 bridgehead atoms. The average molecular weight is 447 g/mol. The molecule has 1 N–H and O–H groups in total. The second kappa shape index (κ2) is 18.0. The smallest absolute Gasteiger partial charge is 0.314 e. The van der Waals surface area contributed by atoms with E-state index in [2.05, 4.69) is 6.92 Å². The molecule has 0 aromatic carbocycles. The molecule has 0 heterocycles. The number of carbonyl (C=O) groups is 2. The van der Waals surface area contributed by atoms with E-state index in [1.807, 2.05) is 21.1 Å². The number of aliphatic carboxylic acids is 1. The monoisotopic (exact) mass is 446 g/mol. The number of ketones is 1.